The van der Waals surface area contributed by atoms with Crippen LogP contribution in [0.15, 0.2) is 29.2 Å². The fourth-order valence-corrected chi connectivity index (χ4v) is 4.41. The summed E-state index contributed by atoms with van der Waals surface area (Å²) < 4.78 is 71.5. The highest BCUT2D eigenvalue weighted by atomic mass is 32.5. The Labute approximate surface area is 188 Å². The molecule has 1 aromatic rings. The molecule has 1 aromatic carbocycles. The van der Waals surface area contributed by atoms with Gasteiger partial charge in [0.05, 0.1) is 6.61 Å². The summed E-state index contributed by atoms with van der Waals surface area (Å²) in [6.45, 7) is 7.57. The van der Waals surface area contributed by atoms with Gasteiger partial charge in [0.1, 0.15) is 4.90 Å². The van der Waals surface area contributed by atoms with Crippen LogP contribution in [0.3, 0.4) is 0 Å². The fourth-order valence-electron chi connectivity index (χ4n) is 3.73. The standard InChI is InChI=1S/C9H17NO.C8H8F5NOS.C2H6O.C2H6/c1-11-8-9-4-2-6-10(9)7-3-5-9;1-14(6-15)7-3-2-4-8(5-7)16(9,10,11,12)13;1-3-2;1-2/h2-8H2,1H3;2-6H,1H3;1-2H3;1-2H3. The molecule has 0 spiro atoms. The van der Waals surface area contributed by atoms with E-state index < -0.39 is 15.1 Å². The van der Waals surface area contributed by atoms with E-state index in [9.17, 15) is 24.2 Å². The number of benzene rings is 1. The number of hydrogen-bond acceptors (Lipinski definition) is 4. The Hall–Kier alpha value is -1.43. The maximum atomic E-state index is 12.4. The quantitative estimate of drug-likeness (QED) is 0.348. The molecule has 3 rings (SSSR count). The minimum absolute atomic E-state index is 0.227. The molecule has 0 N–H and O–H groups in total. The molecule has 0 atom stereocenters. The molecule has 1 amide bonds. The minimum atomic E-state index is -9.67. The number of carbonyl (C=O) groups is 1. The van der Waals surface area contributed by atoms with E-state index in [-0.39, 0.29) is 24.2 Å². The van der Waals surface area contributed by atoms with Crippen molar-refractivity contribution in [1.82, 2.24) is 4.90 Å². The van der Waals surface area contributed by atoms with Gasteiger partial charge < -0.3 is 14.4 Å². The van der Waals surface area contributed by atoms with Crippen molar-refractivity contribution in [3.63, 3.8) is 0 Å². The Morgan fingerprint density at radius 3 is 1.97 bits per heavy atom. The van der Waals surface area contributed by atoms with Crippen molar-refractivity contribution < 1.29 is 33.7 Å². The highest BCUT2D eigenvalue weighted by Gasteiger charge is 2.65. The first-order valence-electron chi connectivity index (χ1n) is 10.4. The molecule has 2 saturated heterocycles. The Morgan fingerprint density at radius 1 is 1.06 bits per heavy atom. The predicted molar refractivity (Wildman–Crippen MR) is 121 cm³/mol. The SMILES string of the molecule is CC.CN(C=O)c1cccc(S(F)(F)(F)(F)F)c1.COC.COCC12CCCN1CCC2. The summed E-state index contributed by atoms with van der Waals surface area (Å²) in [5.74, 6) is 0. The molecule has 11 heteroatoms. The van der Waals surface area contributed by atoms with Gasteiger partial charge in [0.25, 0.3) is 0 Å². The molecule has 0 aromatic heterocycles. The maximum absolute atomic E-state index is 12.4. The van der Waals surface area contributed by atoms with Gasteiger partial charge in [-0.25, -0.2) is 0 Å². The van der Waals surface area contributed by atoms with Gasteiger partial charge in [0, 0.05) is 39.6 Å². The van der Waals surface area contributed by atoms with Gasteiger partial charge >= 0.3 is 10.2 Å². The zero-order chi connectivity index (χ0) is 25.1. The van der Waals surface area contributed by atoms with Crippen LogP contribution in [-0.2, 0) is 14.3 Å². The average molecular weight is 493 g/mol. The molecule has 2 aliphatic rings. The highest BCUT2D eigenvalue weighted by Crippen LogP contribution is 3.02. The molecule has 0 unspecified atom stereocenters. The van der Waals surface area contributed by atoms with E-state index in [1.807, 2.05) is 21.0 Å². The molecule has 0 bridgehead atoms. The Bertz CT molecular complexity index is 694. The Morgan fingerprint density at radius 2 is 1.56 bits per heavy atom. The summed E-state index contributed by atoms with van der Waals surface area (Å²) in [6, 6.07) is 2.48. The van der Waals surface area contributed by atoms with E-state index >= 15 is 0 Å². The first-order chi connectivity index (χ1) is 14.7. The van der Waals surface area contributed by atoms with E-state index in [0.717, 1.165) is 30.7 Å². The lowest BCUT2D eigenvalue weighted by Gasteiger charge is -2.40. The van der Waals surface area contributed by atoms with Gasteiger partial charge in [-0.05, 0) is 57.0 Å². The lowest BCUT2D eigenvalue weighted by Crippen LogP contribution is -2.42. The molecule has 190 valence electrons. The fraction of sp³-hybridized carbons (Fsp3) is 0.667. The third kappa shape index (κ3) is 9.21. The molecule has 2 heterocycles. The van der Waals surface area contributed by atoms with Crippen LogP contribution < -0.4 is 4.90 Å². The number of carbonyl (C=O) groups excluding carboxylic acids is 1. The highest BCUT2D eigenvalue weighted by molar-refractivity contribution is 8.45. The second-order valence-electron chi connectivity index (χ2n) is 7.44. The first kappa shape index (κ1) is 30.6. The van der Waals surface area contributed by atoms with Gasteiger partial charge in [0.15, 0.2) is 0 Å². The van der Waals surface area contributed by atoms with Crippen molar-refractivity contribution in [3.8, 4) is 0 Å². The smallest absolute Gasteiger partial charge is 0.310 e. The van der Waals surface area contributed by atoms with Crippen LogP contribution in [0.1, 0.15) is 39.5 Å². The number of nitrogens with zero attached hydrogens (tertiary/aromatic N) is 2. The van der Waals surface area contributed by atoms with Crippen LogP contribution in [0.5, 0.6) is 0 Å². The van der Waals surface area contributed by atoms with Gasteiger partial charge in [-0.1, -0.05) is 39.3 Å². The van der Waals surface area contributed by atoms with Crippen molar-refractivity contribution in [3.05, 3.63) is 24.3 Å². The summed E-state index contributed by atoms with van der Waals surface area (Å²) >= 11 is 0. The number of rotatable bonds is 5. The van der Waals surface area contributed by atoms with Crippen LogP contribution >= 0.6 is 10.2 Å². The van der Waals surface area contributed by atoms with Crippen molar-refractivity contribution in [2.24, 2.45) is 0 Å². The zero-order valence-corrected chi connectivity index (χ0v) is 20.6. The molecule has 2 aliphatic heterocycles. The lowest BCUT2D eigenvalue weighted by atomic mass is 9.95. The number of hydrogen-bond donors (Lipinski definition) is 0. The number of halogens is 5. The monoisotopic (exact) mass is 492 g/mol. The summed E-state index contributed by atoms with van der Waals surface area (Å²) in [5, 5.41) is 0. The van der Waals surface area contributed by atoms with Gasteiger partial charge in [-0.2, -0.15) is 0 Å². The van der Waals surface area contributed by atoms with Crippen LogP contribution in [0.2, 0.25) is 0 Å². The number of ether oxygens (including phenoxy) is 2. The minimum Gasteiger partial charge on any atom is -0.388 e. The van der Waals surface area contributed by atoms with E-state index in [4.69, 9.17) is 4.74 Å². The van der Waals surface area contributed by atoms with Gasteiger partial charge in [-0.3, -0.25) is 9.69 Å². The third-order valence-electron chi connectivity index (χ3n) is 5.05. The molecule has 0 radical (unpaired) electrons. The van der Waals surface area contributed by atoms with Gasteiger partial charge in [-0.15, -0.1) is 0 Å². The first-order valence-corrected chi connectivity index (χ1v) is 12.3. The Kier molecular flexibility index (Phi) is 11.1. The largest absolute Gasteiger partial charge is 0.388 e. The van der Waals surface area contributed by atoms with E-state index in [1.165, 1.54) is 38.8 Å². The van der Waals surface area contributed by atoms with Crippen LogP contribution in [0.4, 0.5) is 25.1 Å². The number of methoxy groups -OCH3 is 2. The van der Waals surface area contributed by atoms with Crippen molar-refractivity contribution in [2.45, 2.75) is 50.0 Å². The van der Waals surface area contributed by atoms with Crippen molar-refractivity contribution >= 4 is 22.3 Å². The number of amides is 1. The predicted octanol–water partition coefficient (Wildman–Crippen LogP) is 6.49. The van der Waals surface area contributed by atoms with Crippen molar-refractivity contribution in [2.75, 3.05) is 53.0 Å². The third-order valence-corrected chi connectivity index (χ3v) is 6.20. The topological polar surface area (TPSA) is 42.0 Å². The molecule has 0 aliphatic carbocycles. The summed E-state index contributed by atoms with van der Waals surface area (Å²) in [5.41, 5.74) is 0.218. The summed E-state index contributed by atoms with van der Waals surface area (Å²) in [4.78, 5) is 11.7. The summed E-state index contributed by atoms with van der Waals surface area (Å²) in [7, 11) is -3.43. The molecule has 32 heavy (non-hydrogen) atoms. The normalized spacial score (nSPS) is 18.8. The molecule has 5 nitrogen and oxygen atoms in total. The molecular weight excluding hydrogens is 455 g/mol. The number of anilines is 1. The van der Waals surface area contributed by atoms with Crippen LogP contribution in [-0.4, -0.2) is 64.9 Å². The second kappa shape index (κ2) is 11.6. The molecular formula is C21H37F5N2O3S. The van der Waals surface area contributed by atoms with Crippen molar-refractivity contribution in [1.29, 1.82) is 0 Å². The van der Waals surface area contributed by atoms with Crippen LogP contribution in [0.25, 0.3) is 0 Å². The zero-order valence-electron chi connectivity index (χ0n) is 19.8. The summed E-state index contributed by atoms with van der Waals surface area (Å²) in [6.07, 6.45) is 5.71. The average Bonchev–Trinajstić information content (AvgIpc) is 3.29. The van der Waals surface area contributed by atoms with E-state index in [1.54, 1.807) is 14.2 Å². The Balaban J connectivity index is 0.000000519. The molecule has 0 saturated carbocycles. The lowest BCUT2D eigenvalue weighted by molar-refractivity contribution is -0.107. The maximum Gasteiger partial charge on any atom is 0.310 e. The van der Waals surface area contributed by atoms with E-state index in [0.29, 0.717) is 5.54 Å². The van der Waals surface area contributed by atoms with E-state index in [2.05, 4.69) is 9.64 Å². The molecule has 2 fully saturated rings. The van der Waals surface area contributed by atoms with Gasteiger partial charge in [0.2, 0.25) is 6.41 Å². The number of fused-ring (bicyclic) bond motifs is 1. The second-order valence-corrected chi connectivity index (χ2v) is 9.85. The van der Waals surface area contributed by atoms with Crippen LogP contribution in [0, 0.1) is 0 Å².